The second kappa shape index (κ2) is 4.10. The molecule has 17 heavy (non-hydrogen) atoms. The van der Waals surface area contributed by atoms with E-state index in [0.29, 0.717) is 25.9 Å². The smallest absolute Gasteiger partial charge is 0.241 e. The fourth-order valence-electron chi connectivity index (χ4n) is 2.18. The van der Waals surface area contributed by atoms with Gasteiger partial charge in [-0.25, -0.2) is 8.42 Å². The first kappa shape index (κ1) is 12.6. The molecule has 2 rings (SSSR count). The molecule has 1 heterocycles. The Balaban J connectivity index is 2.05. The summed E-state index contributed by atoms with van der Waals surface area (Å²) in [4.78, 5) is 12.0. The highest BCUT2D eigenvalue weighted by molar-refractivity contribution is 7.93. The van der Waals surface area contributed by atoms with Crippen molar-refractivity contribution in [1.29, 1.82) is 0 Å². The second-order valence-electron chi connectivity index (χ2n) is 4.71. The topological polar surface area (TPSA) is 72.5 Å². The minimum atomic E-state index is -3.34. The molecule has 1 N–H and O–H groups in total. The lowest BCUT2D eigenvalue weighted by Crippen LogP contribution is -2.48. The zero-order valence-corrected chi connectivity index (χ0v) is 10.6. The van der Waals surface area contributed by atoms with E-state index >= 15 is 0 Å². The molecule has 0 aromatic rings. The molecule has 1 aliphatic heterocycles. The third-order valence-electron chi connectivity index (χ3n) is 3.51. The van der Waals surface area contributed by atoms with Gasteiger partial charge in [-0.05, 0) is 19.3 Å². The Morgan fingerprint density at radius 2 is 2.18 bits per heavy atom. The van der Waals surface area contributed by atoms with Crippen molar-refractivity contribution >= 4 is 15.7 Å². The Bertz CT molecular complexity index is 438. The minimum absolute atomic E-state index is 0.153. The van der Waals surface area contributed by atoms with Gasteiger partial charge < -0.3 is 10.1 Å². The lowest BCUT2D eigenvalue weighted by atomic mass is 10.1. The SMILES string of the molecule is C=C[C@@H]1OCC[C@H]1NC(=O)C1(S(C)(=O)=O)CC1. The molecule has 0 aromatic carbocycles. The zero-order chi connectivity index (χ0) is 12.7. The van der Waals surface area contributed by atoms with Crippen molar-refractivity contribution < 1.29 is 17.9 Å². The summed E-state index contributed by atoms with van der Waals surface area (Å²) in [6.45, 7) is 4.20. The first-order valence-electron chi connectivity index (χ1n) is 5.65. The van der Waals surface area contributed by atoms with Crippen molar-refractivity contribution in [3.8, 4) is 0 Å². The second-order valence-corrected chi connectivity index (χ2v) is 7.03. The van der Waals surface area contributed by atoms with Gasteiger partial charge in [0.15, 0.2) is 14.6 Å². The fraction of sp³-hybridized carbons (Fsp3) is 0.727. The van der Waals surface area contributed by atoms with Gasteiger partial charge in [-0.1, -0.05) is 6.08 Å². The molecule has 1 saturated carbocycles. The average Bonchev–Trinajstić information content (AvgIpc) is 2.95. The Kier molecular flexibility index (Phi) is 3.03. The largest absolute Gasteiger partial charge is 0.372 e. The van der Waals surface area contributed by atoms with Gasteiger partial charge in [0.25, 0.3) is 0 Å². The molecular formula is C11H17NO4S. The molecular weight excluding hydrogens is 242 g/mol. The van der Waals surface area contributed by atoms with Gasteiger partial charge in [0.2, 0.25) is 5.91 Å². The van der Waals surface area contributed by atoms with Gasteiger partial charge >= 0.3 is 0 Å². The number of hydrogen-bond acceptors (Lipinski definition) is 4. The van der Waals surface area contributed by atoms with Crippen LogP contribution in [0.15, 0.2) is 12.7 Å². The first-order chi connectivity index (χ1) is 7.90. The van der Waals surface area contributed by atoms with Crippen molar-refractivity contribution in [2.45, 2.75) is 36.2 Å². The molecule has 0 spiro atoms. The Hall–Kier alpha value is -0.880. The van der Waals surface area contributed by atoms with Gasteiger partial charge in [-0.2, -0.15) is 0 Å². The van der Waals surface area contributed by atoms with Crippen LogP contribution in [0.5, 0.6) is 0 Å². The van der Waals surface area contributed by atoms with E-state index in [2.05, 4.69) is 11.9 Å². The van der Waals surface area contributed by atoms with Crippen molar-refractivity contribution in [2.75, 3.05) is 12.9 Å². The van der Waals surface area contributed by atoms with Crippen molar-refractivity contribution in [2.24, 2.45) is 0 Å². The summed E-state index contributed by atoms with van der Waals surface area (Å²) < 4.78 is 27.3. The molecule has 5 nitrogen and oxygen atoms in total. The van der Waals surface area contributed by atoms with Crippen LogP contribution in [0.25, 0.3) is 0 Å². The molecule has 2 atom stereocenters. The van der Waals surface area contributed by atoms with E-state index < -0.39 is 14.6 Å². The first-order valence-corrected chi connectivity index (χ1v) is 7.54. The molecule has 0 radical (unpaired) electrons. The normalized spacial score (nSPS) is 30.9. The monoisotopic (exact) mass is 259 g/mol. The van der Waals surface area contributed by atoms with Crippen LogP contribution in [0.1, 0.15) is 19.3 Å². The fourth-order valence-corrected chi connectivity index (χ4v) is 3.42. The molecule has 0 bridgehead atoms. The van der Waals surface area contributed by atoms with Crippen LogP contribution >= 0.6 is 0 Å². The molecule has 2 aliphatic rings. The van der Waals surface area contributed by atoms with E-state index in [1.165, 1.54) is 0 Å². The number of sulfone groups is 1. The molecule has 0 aromatic heterocycles. The standard InChI is InChI=1S/C11H17NO4S/c1-3-9-8(4-7-16-9)12-10(13)11(5-6-11)17(2,14)15/h3,8-9H,1,4-7H2,2H3,(H,12,13)/t8-,9+/m1/s1. The minimum Gasteiger partial charge on any atom is -0.372 e. The van der Waals surface area contributed by atoms with Crippen LogP contribution in [0.4, 0.5) is 0 Å². The Labute approximate surface area is 101 Å². The van der Waals surface area contributed by atoms with Crippen LogP contribution in [0.3, 0.4) is 0 Å². The van der Waals surface area contributed by atoms with Crippen molar-refractivity contribution in [3.63, 3.8) is 0 Å². The van der Waals surface area contributed by atoms with E-state index in [0.717, 1.165) is 6.26 Å². The van der Waals surface area contributed by atoms with E-state index in [-0.39, 0.29) is 18.1 Å². The van der Waals surface area contributed by atoms with Gasteiger partial charge in [0, 0.05) is 12.9 Å². The molecule has 2 fully saturated rings. The summed E-state index contributed by atoms with van der Waals surface area (Å²) in [5.41, 5.74) is 0. The maximum Gasteiger partial charge on any atom is 0.241 e. The summed E-state index contributed by atoms with van der Waals surface area (Å²) in [5, 5.41) is 2.77. The van der Waals surface area contributed by atoms with Gasteiger partial charge in [-0.3, -0.25) is 4.79 Å². The summed E-state index contributed by atoms with van der Waals surface area (Å²) in [5.74, 6) is -0.387. The number of hydrogen-bond donors (Lipinski definition) is 1. The quantitative estimate of drug-likeness (QED) is 0.723. The van der Waals surface area contributed by atoms with Gasteiger partial charge in [0.1, 0.15) is 0 Å². The van der Waals surface area contributed by atoms with E-state index in [9.17, 15) is 13.2 Å². The van der Waals surface area contributed by atoms with E-state index in [4.69, 9.17) is 4.74 Å². The molecule has 0 unspecified atom stereocenters. The van der Waals surface area contributed by atoms with E-state index in [1.807, 2.05) is 0 Å². The van der Waals surface area contributed by atoms with Crippen molar-refractivity contribution in [1.82, 2.24) is 5.32 Å². The molecule has 1 aliphatic carbocycles. The number of nitrogens with one attached hydrogen (secondary N) is 1. The van der Waals surface area contributed by atoms with Crippen LogP contribution in [-0.4, -0.2) is 44.1 Å². The highest BCUT2D eigenvalue weighted by atomic mass is 32.2. The molecule has 6 heteroatoms. The summed E-state index contributed by atoms with van der Waals surface area (Å²) >= 11 is 0. The van der Waals surface area contributed by atoms with Crippen molar-refractivity contribution in [3.05, 3.63) is 12.7 Å². The summed E-state index contributed by atoms with van der Waals surface area (Å²) in [6, 6.07) is -0.153. The molecule has 1 saturated heterocycles. The predicted octanol–water partition coefficient (Wildman–Crippen LogP) is 0.0233. The maximum atomic E-state index is 12.0. The number of rotatable bonds is 4. The van der Waals surface area contributed by atoms with Gasteiger partial charge in [0.05, 0.1) is 12.1 Å². The van der Waals surface area contributed by atoms with Crippen LogP contribution in [-0.2, 0) is 19.4 Å². The lowest BCUT2D eigenvalue weighted by Gasteiger charge is -2.20. The number of ether oxygens (including phenoxy) is 1. The molecule has 96 valence electrons. The van der Waals surface area contributed by atoms with Crippen LogP contribution in [0, 0.1) is 0 Å². The Morgan fingerprint density at radius 1 is 1.53 bits per heavy atom. The Morgan fingerprint density at radius 3 is 2.65 bits per heavy atom. The third-order valence-corrected chi connectivity index (χ3v) is 5.53. The highest BCUT2D eigenvalue weighted by Crippen LogP contribution is 2.43. The average molecular weight is 259 g/mol. The number of carbonyl (C=O) groups is 1. The highest BCUT2D eigenvalue weighted by Gasteiger charge is 2.59. The summed E-state index contributed by atoms with van der Waals surface area (Å²) in [6.07, 6.45) is 4.08. The van der Waals surface area contributed by atoms with Crippen LogP contribution < -0.4 is 5.32 Å². The molecule has 1 amide bonds. The van der Waals surface area contributed by atoms with Crippen LogP contribution in [0.2, 0.25) is 0 Å². The van der Waals surface area contributed by atoms with Gasteiger partial charge in [-0.15, -0.1) is 6.58 Å². The maximum absolute atomic E-state index is 12.0. The number of carbonyl (C=O) groups excluding carboxylic acids is 1. The predicted molar refractivity (Wildman–Crippen MR) is 63.3 cm³/mol. The number of amides is 1. The summed E-state index contributed by atoms with van der Waals surface area (Å²) in [7, 11) is -3.34. The third kappa shape index (κ3) is 2.11. The lowest BCUT2D eigenvalue weighted by molar-refractivity contribution is -0.122. The zero-order valence-electron chi connectivity index (χ0n) is 9.81. The van der Waals surface area contributed by atoms with E-state index in [1.54, 1.807) is 6.08 Å².